The van der Waals surface area contributed by atoms with Crippen molar-refractivity contribution in [3.63, 3.8) is 0 Å². The minimum Gasteiger partial charge on any atom is -0.315 e. The summed E-state index contributed by atoms with van der Waals surface area (Å²) in [6.45, 7) is 35.6. The van der Waals surface area contributed by atoms with Crippen LogP contribution in [0.25, 0.3) is 0 Å². The third-order valence-corrected chi connectivity index (χ3v) is 12.2. The summed E-state index contributed by atoms with van der Waals surface area (Å²) in [7, 11) is 0. The van der Waals surface area contributed by atoms with E-state index in [9.17, 15) is 0 Å². The van der Waals surface area contributed by atoms with Crippen molar-refractivity contribution in [2.75, 3.05) is 209 Å². The Morgan fingerprint density at radius 3 is 0.984 bits per heavy atom. The highest BCUT2D eigenvalue weighted by Crippen LogP contribution is 2.05. The number of nitrogens with one attached hydrogen (secondary N) is 14. The molecule has 362 valence electrons. The minimum atomic E-state index is 0.598. The highest BCUT2D eigenvalue weighted by Gasteiger charge is 2.13. The molecule has 0 aromatic rings. The molecule has 4 saturated heterocycles. The largest absolute Gasteiger partial charge is 0.315 e. The highest BCUT2D eigenvalue weighted by atomic mass is 15.2. The van der Waals surface area contributed by atoms with Crippen molar-refractivity contribution < 1.29 is 0 Å². The molecule has 0 spiro atoms. The molecular formula is C45H102N16. The molecule has 0 aliphatic carbocycles. The van der Waals surface area contributed by atoms with Crippen LogP contribution in [0.3, 0.4) is 0 Å². The molecule has 4 rings (SSSR count). The van der Waals surface area contributed by atoms with Gasteiger partial charge in [0.2, 0.25) is 0 Å². The average molecular weight is 867 g/mol. The fraction of sp³-hybridized carbons (Fsp3) is 1.00. The van der Waals surface area contributed by atoms with Gasteiger partial charge in [-0.15, -0.1) is 0 Å². The first-order valence-electron chi connectivity index (χ1n) is 25.8. The summed E-state index contributed by atoms with van der Waals surface area (Å²) in [5, 5.41) is 50.4. The molecule has 0 radical (unpaired) electrons. The van der Waals surface area contributed by atoms with Crippen LogP contribution in [0.15, 0.2) is 0 Å². The van der Waals surface area contributed by atoms with E-state index in [4.69, 9.17) is 0 Å². The van der Waals surface area contributed by atoms with E-state index in [0.29, 0.717) is 12.1 Å². The molecule has 4 fully saturated rings. The molecule has 61 heavy (non-hydrogen) atoms. The van der Waals surface area contributed by atoms with E-state index in [1.54, 1.807) is 0 Å². The first kappa shape index (κ1) is 54.7. The Morgan fingerprint density at radius 1 is 0.262 bits per heavy atom. The van der Waals surface area contributed by atoms with Gasteiger partial charge in [-0.05, 0) is 175 Å². The molecule has 4 aliphatic rings. The lowest BCUT2D eigenvalue weighted by Gasteiger charge is -2.27. The van der Waals surface area contributed by atoms with Crippen LogP contribution in [0.1, 0.15) is 70.6 Å². The van der Waals surface area contributed by atoms with Crippen LogP contribution in [0.4, 0.5) is 0 Å². The van der Waals surface area contributed by atoms with Crippen LogP contribution < -0.4 is 74.4 Å². The van der Waals surface area contributed by atoms with Crippen molar-refractivity contribution in [1.82, 2.24) is 84.2 Å². The smallest absolute Gasteiger partial charge is 0.0107 e. The van der Waals surface area contributed by atoms with Crippen molar-refractivity contribution in [3.8, 4) is 0 Å². The van der Waals surface area contributed by atoms with Crippen molar-refractivity contribution in [2.45, 2.75) is 82.7 Å². The lowest BCUT2D eigenvalue weighted by atomic mass is 10.1. The molecule has 2 unspecified atom stereocenters. The van der Waals surface area contributed by atoms with Gasteiger partial charge in [0, 0.05) is 117 Å². The molecule has 0 aromatic heterocycles. The van der Waals surface area contributed by atoms with Gasteiger partial charge in [0.15, 0.2) is 0 Å². The number of rotatable bonds is 7. The van der Waals surface area contributed by atoms with E-state index in [1.165, 1.54) is 103 Å². The molecular weight excluding hydrogens is 765 g/mol. The number of hydrogen-bond donors (Lipinski definition) is 14. The van der Waals surface area contributed by atoms with Gasteiger partial charge in [-0.25, -0.2) is 0 Å². The summed E-state index contributed by atoms with van der Waals surface area (Å²) in [6, 6.07) is 1.22. The van der Waals surface area contributed by atoms with Gasteiger partial charge < -0.3 is 84.2 Å². The first-order valence-corrected chi connectivity index (χ1v) is 25.8. The van der Waals surface area contributed by atoms with Crippen molar-refractivity contribution in [3.05, 3.63) is 0 Å². The molecule has 14 N–H and O–H groups in total. The Labute approximate surface area is 375 Å². The zero-order valence-electron chi connectivity index (χ0n) is 39.5. The third kappa shape index (κ3) is 35.3. The summed E-state index contributed by atoms with van der Waals surface area (Å²) >= 11 is 0. The van der Waals surface area contributed by atoms with Gasteiger partial charge in [0.25, 0.3) is 0 Å². The Morgan fingerprint density at radius 2 is 0.574 bits per heavy atom. The standard InChI is InChI=1S/C23H52N8.C22H50N8/c1(5-23-6-12-29-16-15-25-7-2-9-26-17-18-30-23)20-31-21-4-11-27-14-13-24-8-3-10-28-19-22-31;1-6-24-14-15-28-11-4-22(29-17-16-25-8-1)5-20-30-19-3-10-26-13-12-23-7-2-9-27-18-21-30/h23-30H,1-22H2;22-29H,1-21H2. The van der Waals surface area contributed by atoms with Crippen LogP contribution in [-0.2, 0) is 0 Å². The summed E-state index contributed by atoms with van der Waals surface area (Å²) in [4.78, 5) is 5.34. The predicted octanol–water partition coefficient (Wildman–Crippen LogP) is -2.09. The van der Waals surface area contributed by atoms with Crippen molar-refractivity contribution >= 4 is 0 Å². The molecule has 2 atom stereocenters. The van der Waals surface area contributed by atoms with E-state index >= 15 is 0 Å². The molecule has 16 heteroatoms. The van der Waals surface area contributed by atoms with Gasteiger partial charge in [0.1, 0.15) is 0 Å². The molecule has 0 amide bonds. The highest BCUT2D eigenvalue weighted by molar-refractivity contribution is 4.75. The van der Waals surface area contributed by atoms with Gasteiger partial charge in [-0.1, -0.05) is 0 Å². The van der Waals surface area contributed by atoms with E-state index in [-0.39, 0.29) is 0 Å². The topological polar surface area (TPSA) is 175 Å². The summed E-state index contributed by atoms with van der Waals surface area (Å²) in [6.07, 6.45) is 13.5. The lowest BCUT2D eigenvalue weighted by Crippen LogP contribution is -2.42. The average Bonchev–Trinajstić information content (AvgIpc) is 3.27. The van der Waals surface area contributed by atoms with Crippen LogP contribution in [0.2, 0.25) is 0 Å². The van der Waals surface area contributed by atoms with Crippen molar-refractivity contribution in [1.29, 1.82) is 0 Å². The Hall–Kier alpha value is -0.640. The summed E-state index contributed by atoms with van der Waals surface area (Å²) < 4.78 is 0. The van der Waals surface area contributed by atoms with E-state index in [1.807, 2.05) is 0 Å². The molecule has 0 bridgehead atoms. The molecule has 16 nitrogen and oxygen atoms in total. The van der Waals surface area contributed by atoms with Gasteiger partial charge in [-0.3, -0.25) is 0 Å². The van der Waals surface area contributed by atoms with E-state index in [0.717, 1.165) is 177 Å². The summed E-state index contributed by atoms with van der Waals surface area (Å²) in [5.41, 5.74) is 0. The Kier molecular flexibility index (Phi) is 38.8. The van der Waals surface area contributed by atoms with Gasteiger partial charge >= 0.3 is 0 Å². The van der Waals surface area contributed by atoms with Crippen LogP contribution in [0.5, 0.6) is 0 Å². The van der Waals surface area contributed by atoms with E-state index in [2.05, 4.69) is 84.2 Å². The molecule has 0 aromatic carbocycles. The lowest BCUT2D eigenvalue weighted by molar-refractivity contribution is 0.248. The monoisotopic (exact) mass is 867 g/mol. The second kappa shape index (κ2) is 43.3. The zero-order valence-corrected chi connectivity index (χ0v) is 39.5. The van der Waals surface area contributed by atoms with Gasteiger partial charge in [0.05, 0.1) is 0 Å². The SMILES string of the molecule is C1CNCCNCCC(CCCN2CCCNCCNCCCNCC2)NCCNC1.C1CNCCNCCC(CCN2CCCNCCNCCCNCC2)NCCNC1. The second-order valence-electron chi connectivity index (χ2n) is 17.6. The predicted molar refractivity (Wildman–Crippen MR) is 262 cm³/mol. The second-order valence-corrected chi connectivity index (χ2v) is 17.6. The first-order chi connectivity index (χ1) is 30.4. The third-order valence-electron chi connectivity index (χ3n) is 12.2. The minimum absolute atomic E-state index is 0.598. The zero-order chi connectivity index (χ0) is 42.6. The fourth-order valence-corrected chi connectivity index (χ4v) is 8.44. The van der Waals surface area contributed by atoms with Crippen LogP contribution >= 0.6 is 0 Å². The maximum absolute atomic E-state index is 3.82. The maximum atomic E-state index is 3.82. The quantitative estimate of drug-likeness (QED) is 0.134. The Bertz CT molecular complexity index is 770. The number of nitrogens with zero attached hydrogens (tertiary/aromatic N) is 2. The van der Waals surface area contributed by atoms with Crippen molar-refractivity contribution in [2.24, 2.45) is 0 Å². The van der Waals surface area contributed by atoms with Gasteiger partial charge in [-0.2, -0.15) is 0 Å². The fourth-order valence-electron chi connectivity index (χ4n) is 8.44. The van der Waals surface area contributed by atoms with Crippen LogP contribution in [0, 0.1) is 0 Å². The maximum Gasteiger partial charge on any atom is 0.0107 e. The van der Waals surface area contributed by atoms with E-state index < -0.39 is 0 Å². The number of hydrogen-bond acceptors (Lipinski definition) is 16. The molecule has 0 saturated carbocycles. The molecule has 4 heterocycles. The normalized spacial score (nSPS) is 26.8. The Balaban J connectivity index is 0.000000325. The summed E-state index contributed by atoms with van der Waals surface area (Å²) in [5.74, 6) is 0. The molecule has 4 aliphatic heterocycles. The van der Waals surface area contributed by atoms with Crippen LogP contribution in [-0.4, -0.2) is 231 Å².